The van der Waals surface area contributed by atoms with Gasteiger partial charge in [0.2, 0.25) is 5.75 Å². The van der Waals surface area contributed by atoms with Gasteiger partial charge in [0.05, 0.1) is 27.0 Å². The Morgan fingerprint density at radius 3 is 2.45 bits per heavy atom. The molecule has 146 valence electrons. The molecule has 0 atom stereocenters. The highest BCUT2D eigenvalue weighted by Gasteiger charge is 2.21. The van der Waals surface area contributed by atoms with Gasteiger partial charge in [0, 0.05) is 6.07 Å². The molecule has 0 spiro atoms. The van der Waals surface area contributed by atoms with Crippen molar-refractivity contribution < 1.29 is 19.4 Å². The zero-order valence-electron chi connectivity index (χ0n) is 14.6. The number of thiophene rings is 1. The number of benzene rings is 2. The third-order valence-corrected chi connectivity index (χ3v) is 4.45. The molecule has 0 radical (unpaired) electrons. The molecule has 0 aliphatic heterocycles. The smallest absolute Gasteiger partial charge is 0.318 e. The molecule has 0 fully saturated rings. The van der Waals surface area contributed by atoms with Crippen LogP contribution in [-0.2, 0) is 0 Å². The SMILES string of the molecule is O=C(NN=Cc1ccc(Oc2ccc([N+](=O)[O-])cc2[N+](=O)[O-])cc1)c1cccs1. The molecule has 0 aliphatic carbocycles. The van der Waals surface area contributed by atoms with Gasteiger partial charge in [0.25, 0.3) is 11.6 Å². The number of amides is 1. The van der Waals surface area contributed by atoms with Crippen LogP contribution in [-0.4, -0.2) is 22.0 Å². The van der Waals surface area contributed by atoms with Gasteiger partial charge >= 0.3 is 5.69 Å². The number of nitro groups is 2. The van der Waals surface area contributed by atoms with Crippen LogP contribution in [0.2, 0.25) is 0 Å². The van der Waals surface area contributed by atoms with Gasteiger partial charge in [-0.05, 0) is 47.3 Å². The largest absolute Gasteiger partial charge is 0.450 e. The van der Waals surface area contributed by atoms with Crippen molar-refractivity contribution in [2.24, 2.45) is 5.10 Å². The van der Waals surface area contributed by atoms with Gasteiger partial charge in [-0.1, -0.05) is 6.07 Å². The van der Waals surface area contributed by atoms with Crippen molar-refractivity contribution in [1.82, 2.24) is 5.43 Å². The molecule has 1 aromatic heterocycles. The average molecular weight is 412 g/mol. The zero-order valence-corrected chi connectivity index (χ0v) is 15.4. The summed E-state index contributed by atoms with van der Waals surface area (Å²) in [5.74, 6) is -0.145. The third kappa shape index (κ3) is 4.99. The van der Waals surface area contributed by atoms with Crippen molar-refractivity contribution >= 4 is 34.8 Å². The maximum absolute atomic E-state index is 11.8. The van der Waals surface area contributed by atoms with E-state index in [1.807, 2.05) is 0 Å². The van der Waals surface area contributed by atoms with E-state index in [-0.39, 0.29) is 11.7 Å². The Bertz CT molecular complexity index is 1080. The molecule has 11 heteroatoms. The number of hydrogen-bond donors (Lipinski definition) is 1. The number of carbonyl (C=O) groups excluding carboxylic acids is 1. The van der Waals surface area contributed by atoms with Crippen molar-refractivity contribution in [3.8, 4) is 11.5 Å². The highest BCUT2D eigenvalue weighted by Crippen LogP contribution is 2.34. The number of ether oxygens (including phenoxy) is 1. The van der Waals surface area contributed by atoms with Crippen LogP contribution in [0.5, 0.6) is 11.5 Å². The van der Waals surface area contributed by atoms with Crippen LogP contribution in [0, 0.1) is 20.2 Å². The summed E-state index contributed by atoms with van der Waals surface area (Å²) in [5.41, 5.74) is 2.14. The Kier molecular flexibility index (Phi) is 5.90. The first-order valence-corrected chi connectivity index (χ1v) is 8.89. The number of nitro benzene ring substituents is 2. The molecule has 0 bridgehead atoms. The molecule has 2 aromatic carbocycles. The maximum atomic E-state index is 11.8. The van der Waals surface area contributed by atoms with E-state index in [2.05, 4.69) is 10.5 Å². The Balaban J connectivity index is 1.68. The van der Waals surface area contributed by atoms with Crippen molar-refractivity contribution in [1.29, 1.82) is 0 Å². The molecule has 1 heterocycles. The molecule has 1 amide bonds. The van der Waals surface area contributed by atoms with Crippen LogP contribution in [0.1, 0.15) is 15.2 Å². The fourth-order valence-electron chi connectivity index (χ4n) is 2.23. The van der Waals surface area contributed by atoms with E-state index in [1.54, 1.807) is 41.8 Å². The summed E-state index contributed by atoms with van der Waals surface area (Å²) in [6, 6.07) is 12.9. The monoisotopic (exact) mass is 412 g/mol. The minimum Gasteiger partial charge on any atom is -0.450 e. The zero-order chi connectivity index (χ0) is 20.8. The molecule has 0 aliphatic rings. The summed E-state index contributed by atoms with van der Waals surface area (Å²) >= 11 is 1.30. The van der Waals surface area contributed by atoms with Gasteiger partial charge < -0.3 is 4.74 Å². The van der Waals surface area contributed by atoms with E-state index in [4.69, 9.17) is 4.74 Å². The van der Waals surface area contributed by atoms with Crippen molar-refractivity contribution in [2.75, 3.05) is 0 Å². The fraction of sp³-hybridized carbons (Fsp3) is 0. The summed E-state index contributed by atoms with van der Waals surface area (Å²) in [7, 11) is 0. The first kappa shape index (κ1) is 19.6. The number of hydrogen-bond acceptors (Lipinski definition) is 8. The van der Waals surface area contributed by atoms with Crippen LogP contribution in [0.4, 0.5) is 11.4 Å². The molecule has 1 N–H and O–H groups in total. The van der Waals surface area contributed by atoms with Gasteiger partial charge in [-0.2, -0.15) is 5.10 Å². The van der Waals surface area contributed by atoms with Crippen molar-refractivity contribution in [3.63, 3.8) is 0 Å². The quantitative estimate of drug-likeness (QED) is 0.352. The highest BCUT2D eigenvalue weighted by atomic mass is 32.1. The molecule has 0 unspecified atom stereocenters. The van der Waals surface area contributed by atoms with Crippen LogP contribution in [0.25, 0.3) is 0 Å². The molecule has 0 saturated carbocycles. The predicted octanol–water partition coefficient (Wildman–Crippen LogP) is 4.12. The minimum absolute atomic E-state index is 0.120. The molecular weight excluding hydrogens is 400 g/mol. The topological polar surface area (TPSA) is 137 Å². The fourth-order valence-corrected chi connectivity index (χ4v) is 2.84. The Morgan fingerprint density at radius 2 is 1.83 bits per heavy atom. The third-order valence-electron chi connectivity index (χ3n) is 3.58. The second kappa shape index (κ2) is 8.71. The average Bonchev–Trinajstić information content (AvgIpc) is 3.24. The number of nitrogens with zero attached hydrogens (tertiary/aromatic N) is 3. The van der Waals surface area contributed by atoms with E-state index >= 15 is 0 Å². The normalized spacial score (nSPS) is 10.6. The summed E-state index contributed by atoms with van der Waals surface area (Å²) in [4.78, 5) is 32.8. The molecular formula is C18H12N4O6S. The Morgan fingerprint density at radius 1 is 1.07 bits per heavy atom. The van der Waals surface area contributed by atoms with E-state index in [1.165, 1.54) is 23.6 Å². The summed E-state index contributed by atoms with van der Waals surface area (Å²) < 4.78 is 5.48. The first-order valence-electron chi connectivity index (χ1n) is 8.01. The van der Waals surface area contributed by atoms with Crippen molar-refractivity contribution in [2.45, 2.75) is 0 Å². The van der Waals surface area contributed by atoms with Crippen LogP contribution in [0.15, 0.2) is 65.1 Å². The second-order valence-corrected chi connectivity index (χ2v) is 6.46. The van der Waals surface area contributed by atoms with Crippen LogP contribution in [0.3, 0.4) is 0 Å². The Labute approximate surface area is 167 Å². The second-order valence-electron chi connectivity index (χ2n) is 5.51. The number of rotatable bonds is 7. The predicted molar refractivity (Wildman–Crippen MR) is 106 cm³/mol. The van der Waals surface area contributed by atoms with Crippen molar-refractivity contribution in [3.05, 3.63) is 90.6 Å². The minimum atomic E-state index is -0.750. The van der Waals surface area contributed by atoms with E-state index in [0.29, 0.717) is 16.2 Å². The number of carbonyl (C=O) groups is 1. The molecule has 10 nitrogen and oxygen atoms in total. The lowest BCUT2D eigenvalue weighted by atomic mass is 10.2. The summed E-state index contributed by atoms with van der Waals surface area (Å²) in [6.45, 7) is 0. The highest BCUT2D eigenvalue weighted by molar-refractivity contribution is 7.12. The Hall–Kier alpha value is -4.12. The maximum Gasteiger partial charge on any atom is 0.318 e. The summed E-state index contributed by atoms with van der Waals surface area (Å²) in [5, 5.41) is 27.6. The molecule has 0 saturated heterocycles. The van der Waals surface area contributed by atoms with E-state index in [0.717, 1.165) is 12.1 Å². The lowest BCUT2D eigenvalue weighted by molar-refractivity contribution is -0.394. The first-order chi connectivity index (χ1) is 13.9. The van der Waals surface area contributed by atoms with Gasteiger partial charge in [0.1, 0.15) is 5.75 Å². The molecule has 3 aromatic rings. The number of non-ortho nitro benzene ring substituents is 1. The van der Waals surface area contributed by atoms with Gasteiger partial charge in [-0.25, -0.2) is 5.43 Å². The number of hydrazone groups is 1. The standard InChI is InChI=1S/C18H12N4O6S/c23-18(17-2-1-9-29-17)20-19-11-12-3-6-14(7-4-12)28-16-8-5-13(21(24)25)10-15(16)22(26)27/h1-11H,(H,20,23). The van der Waals surface area contributed by atoms with Crippen LogP contribution < -0.4 is 10.2 Å². The lowest BCUT2D eigenvalue weighted by Crippen LogP contribution is -2.16. The summed E-state index contributed by atoms with van der Waals surface area (Å²) in [6.07, 6.45) is 1.43. The molecule has 3 rings (SSSR count). The molecule has 29 heavy (non-hydrogen) atoms. The number of nitrogens with one attached hydrogen (secondary N) is 1. The lowest BCUT2D eigenvalue weighted by Gasteiger charge is -2.06. The van der Waals surface area contributed by atoms with E-state index in [9.17, 15) is 25.0 Å². The van der Waals surface area contributed by atoms with Gasteiger partial charge in [-0.15, -0.1) is 11.3 Å². The van der Waals surface area contributed by atoms with Gasteiger partial charge in [0.15, 0.2) is 0 Å². The van der Waals surface area contributed by atoms with E-state index < -0.39 is 21.2 Å². The van der Waals surface area contributed by atoms with Gasteiger partial charge in [-0.3, -0.25) is 25.0 Å². The van der Waals surface area contributed by atoms with Crippen LogP contribution >= 0.6 is 11.3 Å².